The Morgan fingerprint density at radius 3 is 1.97 bits per heavy atom. The molecule has 0 bridgehead atoms. The Bertz CT molecular complexity index is 1250. The molecule has 0 aliphatic rings. The summed E-state index contributed by atoms with van der Waals surface area (Å²) in [5, 5.41) is 0.740. The van der Waals surface area contributed by atoms with E-state index in [-0.39, 0.29) is 36.8 Å². The lowest BCUT2D eigenvalue weighted by Crippen LogP contribution is -2.41. The van der Waals surface area contributed by atoms with Crippen LogP contribution in [0.3, 0.4) is 0 Å². The molecule has 0 unspecified atom stereocenters. The first-order chi connectivity index (χ1) is 14.7. The Hall–Kier alpha value is -2.78. The van der Waals surface area contributed by atoms with Crippen molar-refractivity contribution < 1.29 is 18.0 Å². The summed E-state index contributed by atoms with van der Waals surface area (Å²) in [5.74, 6) is -1.38. The molecule has 0 saturated carbocycles. The summed E-state index contributed by atoms with van der Waals surface area (Å²) in [6.07, 6.45) is 0. The first-order valence-electron chi connectivity index (χ1n) is 8.60. The van der Waals surface area contributed by atoms with E-state index in [1.54, 1.807) is 18.2 Å². The van der Waals surface area contributed by atoms with E-state index in [1.165, 1.54) is 42.5 Å². The van der Waals surface area contributed by atoms with Gasteiger partial charge in [-0.15, -0.1) is 0 Å². The lowest BCUT2D eigenvalue weighted by molar-refractivity contribution is 0.0846. The number of rotatable bonds is 5. The Balaban J connectivity index is 1.72. The fourth-order valence-corrected chi connectivity index (χ4v) is 4.39. The molecule has 0 spiro atoms. The van der Waals surface area contributed by atoms with Crippen molar-refractivity contribution in [1.82, 2.24) is 10.9 Å². The summed E-state index contributed by atoms with van der Waals surface area (Å²) in [6, 6.07) is 15.8. The van der Waals surface area contributed by atoms with Crippen molar-refractivity contribution >= 4 is 62.3 Å². The zero-order valence-electron chi connectivity index (χ0n) is 15.5. The molecule has 3 N–H and O–H groups in total. The molecule has 0 aromatic heterocycles. The van der Waals surface area contributed by atoms with Crippen molar-refractivity contribution in [1.29, 1.82) is 0 Å². The molecule has 11 heteroatoms. The molecule has 3 rings (SSSR count). The number of nitrogens with one attached hydrogen (secondary N) is 3. The molecule has 3 aromatic carbocycles. The number of anilines is 1. The highest BCUT2D eigenvalue weighted by Gasteiger charge is 2.18. The van der Waals surface area contributed by atoms with Gasteiger partial charge in [-0.2, -0.15) is 0 Å². The number of hydrazine groups is 1. The molecule has 0 heterocycles. The Morgan fingerprint density at radius 2 is 1.32 bits per heavy atom. The molecule has 31 heavy (non-hydrogen) atoms. The number of para-hydroxylation sites is 1. The van der Waals surface area contributed by atoms with Crippen molar-refractivity contribution in [3.05, 3.63) is 92.9 Å². The van der Waals surface area contributed by atoms with Crippen molar-refractivity contribution in [2.24, 2.45) is 0 Å². The van der Waals surface area contributed by atoms with E-state index in [9.17, 15) is 18.0 Å². The Labute approximate surface area is 193 Å². The van der Waals surface area contributed by atoms with E-state index >= 15 is 0 Å². The predicted octanol–water partition coefficient (Wildman–Crippen LogP) is 4.52. The molecule has 0 fully saturated rings. The van der Waals surface area contributed by atoms with Crippen LogP contribution in [0.15, 0.2) is 71.6 Å². The summed E-state index contributed by atoms with van der Waals surface area (Å²) in [6.45, 7) is 0. The molecule has 0 saturated heterocycles. The molecule has 160 valence electrons. The number of hydrogen-bond donors (Lipinski definition) is 3. The van der Waals surface area contributed by atoms with E-state index in [2.05, 4.69) is 15.6 Å². The van der Waals surface area contributed by atoms with Gasteiger partial charge in [0, 0.05) is 21.2 Å². The molecule has 7 nitrogen and oxygen atoms in total. The maximum atomic E-state index is 12.6. The summed E-state index contributed by atoms with van der Waals surface area (Å²) in [7, 11) is -4.01. The summed E-state index contributed by atoms with van der Waals surface area (Å²) in [5.41, 5.74) is 4.78. The third-order valence-corrected chi connectivity index (χ3v) is 6.07. The van der Waals surface area contributed by atoms with Gasteiger partial charge in [0.25, 0.3) is 21.8 Å². The monoisotopic (exact) mass is 497 g/mol. The topological polar surface area (TPSA) is 104 Å². The highest BCUT2D eigenvalue weighted by molar-refractivity contribution is 7.92. The average Bonchev–Trinajstić information content (AvgIpc) is 2.72. The average molecular weight is 499 g/mol. The van der Waals surface area contributed by atoms with E-state index in [0.717, 1.165) is 6.07 Å². The van der Waals surface area contributed by atoms with Crippen LogP contribution in [0.25, 0.3) is 0 Å². The van der Waals surface area contributed by atoms with Crippen molar-refractivity contribution in [3.8, 4) is 0 Å². The number of halogens is 3. The highest BCUT2D eigenvalue weighted by Crippen LogP contribution is 2.24. The van der Waals surface area contributed by atoms with Crippen LogP contribution in [0, 0.1) is 0 Å². The third-order valence-electron chi connectivity index (χ3n) is 3.94. The third kappa shape index (κ3) is 5.89. The number of benzene rings is 3. The van der Waals surface area contributed by atoms with Gasteiger partial charge in [0.2, 0.25) is 0 Å². The number of carbonyl (C=O) groups is 2. The lowest BCUT2D eigenvalue weighted by atomic mass is 10.2. The van der Waals surface area contributed by atoms with Gasteiger partial charge in [0.05, 0.1) is 15.6 Å². The van der Waals surface area contributed by atoms with E-state index < -0.39 is 21.8 Å². The highest BCUT2D eigenvalue weighted by atomic mass is 35.5. The molecular weight excluding hydrogens is 485 g/mol. The minimum Gasteiger partial charge on any atom is -0.278 e. The summed E-state index contributed by atoms with van der Waals surface area (Å²) >= 11 is 17.7. The van der Waals surface area contributed by atoms with E-state index in [0.29, 0.717) is 0 Å². The van der Waals surface area contributed by atoms with Crippen LogP contribution >= 0.6 is 34.8 Å². The molecular formula is C20H14Cl3N3O4S. The quantitative estimate of drug-likeness (QED) is 0.450. The second-order valence-electron chi connectivity index (χ2n) is 6.18. The second-order valence-corrected chi connectivity index (χ2v) is 9.14. The zero-order valence-corrected chi connectivity index (χ0v) is 18.6. The maximum absolute atomic E-state index is 12.6. The van der Waals surface area contributed by atoms with E-state index in [1.807, 2.05) is 0 Å². The number of carbonyl (C=O) groups excluding carboxylic acids is 2. The molecule has 0 aliphatic carbocycles. The molecule has 0 radical (unpaired) electrons. The molecule has 0 aliphatic heterocycles. The van der Waals surface area contributed by atoms with Crippen LogP contribution in [0.2, 0.25) is 15.1 Å². The number of hydrogen-bond acceptors (Lipinski definition) is 4. The predicted molar refractivity (Wildman–Crippen MR) is 120 cm³/mol. The van der Waals surface area contributed by atoms with Gasteiger partial charge in [0.1, 0.15) is 0 Å². The first kappa shape index (κ1) is 22.9. The van der Waals surface area contributed by atoms with E-state index in [4.69, 9.17) is 34.8 Å². The smallest absolute Gasteiger partial charge is 0.269 e. The second kappa shape index (κ2) is 9.57. The minimum atomic E-state index is -4.01. The minimum absolute atomic E-state index is 0.00598. The molecule has 3 aromatic rings. The van der Waals surface area contributed by atoms with Gasteiger partial charge in [-0.05, 0) is 48.5 Å². The van der Waals surface area contributed by atoms with Crippen LogP contribution in [0.5, 0.6) is 0 Å². The molecule has 0 atom stereocenters. The summed E-state index contributed by atoms with van der Waals surface area (Å²) < 4.78 is 27.7. The van der Waals surface area contributed by atoms with Crippen molar-refractivity contribution in [2.45, 2.75) is 4.90 Å². The van der Waals surface area contributed by atoms with Crippen LogP contribution < -0.4 is 15.6 Å². The molecule has 2 amide bonds. The van der Waals surface area contributed by atoms with Gasteiger partial charge < -0.3 is 0 Å². The van der Waals surface area contributed by atoms with Gasteiger partial charge in [-0.3, -0.25) is 25.2 Å². The SMILES string of the molecule is O=C(NNC(=O)c1cccc(S(=O)(=O)Nc2ccccc2Cl)c1)c1cc(Cl)cc(Cl)c1. The van der Waals surface area contributed by atoms with Crippen LogP contribution in [-0.2, 0) is 10.0 Å². The van der Waals surface area contributed by atoms with Crippen molar-refractivity contribution in [2.75, 3.05) is 4.72 Å². The number of sulfonamides is 1. The van der Waals surface area contributed by atoms with Gasteiger partial charge in [-0.25, -0.2) is 8.42 Å². The van der Waals surface area contributed by atoms with Crippen LogP contribution in [0.1, 0.15) is 20.7 Å². The lowest BCUT2D eigenvalue weighted by Gasteiger charge is -2.11. The fourth-order valence-electron chi connectivity index (χ4n) is 2.49. The van der Waals surface area contributed by atoms with Crippen LogP contribution in [-0.4, -0.2) is 20.2 Å². The largest absolute Gasteiger partial charge is 0.278 e. The summed E-state index contributed by atoms with van der Waals surface area (Å²) in [4.78, 5) is 24.4. The zero-order chi connectivity index (χ0) is 22.6. The standard InChI is InChI=1S/C20H14Cl3N3O4S/c21-14-8-13(9-15(22)11-14)20(28)25-24-19(27)12-4-3-5-16(10-12)31(29,30)26-18-7-2-1-6-17(18)23/h1-11,26H,(H,24,27)(H,25,28). The van der Waals surface area contributed by atoms with Crippen LogP contribution in [0.4, 0.5) is 5.69 Å². The maximum Gasteiger partial charge on any atom is 0.269 e. The normalized spacial score (nSPS) is 10.9. The van der Waals surface area contributed by atoms with Gasteiger partial charge in [-0.1, -0.05) is 53.0 Å². The Kier molecular flexibility index (Phi) is 7.07. The Morgan fingerprint density at radius 1 is 0.710 bits per heavy atom. The van der Waals surface area contributed by atoms with Gasteiger partial charge >= 0.3 is 0 Å². The number of amides is 2. The fraction of sp³-hybridized carbons (Fsp3) is 0. The van der Waals surface area contributed by atoms with Gasteiger partial charge in [0.15, 0.2) is 0 Å². The first-order valence-corrected chi connectivity index (χ1v) is 11.2. The van der Waals surface area contributed by atoms with Crippen molar-refractivity contribution in [3.63, 3.8) is 0 Å².